The standard InChI is InChI=1S/C20H14N4OS/c1-3-15-18(23-2)16(19(26-15)20(22)25)12-6-8-13(9-7-12)17-14(11-21)5-4-10-24-17/h4-10H,3H2,1H3,(H2,22,25). The topological polar surface area (TPSA) is 84.1 Å². The first kappa shape index (κ1) is 17.3. The van der Waals surface area contributed by atoms with Gasteiger partial charge in [-0.1, -0.05) is 31.2 Å². The van der Waals surface area contributed by atoms with Crippen LogP contribution in [0.5, 0.6) is 0 Å². The zero-order chi connectivity index (χ0) is 18.7. The molecule has 0 saturated heterocycles. The maximum atomic E-state index is 11.8. The van der Waals surface area contributed by atoms with Crippen LogP contribution in [0.2, 0.25) is 0 Å². The Balaban J connectivity index is 2.13. The zero-order valence-electron chi connectivity index (χ0n) is 14.0. The van der Waals surface area contributed by atoms with Crippen LogP contribution in [-0.2, 0) is 6.42 Å². The van der Waals surface area contributed by atoms with Gasteiger partial charge in [-0.05, 0) is 24.1 Å². The van der Waals surface area contributed by atoms with E-state index >= 15 is 0 Å². The number of carbonyl (C=O) groups is 1. The molecule has 2 aromatic heterocycles. The van der Waals surface area contributed by atoms with Gasteiger partial charge in [0.1, 0.15) is 6.07 Å². The van der Waals surface area contributed by atoms with E-state index in [2.05, 4.69) is 15.9 Å². The number of hydrogen-bond donors (Lipinski definition) is 1. The van der Waals surface area contributed by atoms with E-state index in [1.807, 2.05) is 31.2 Å². The minimum atomic E-state index is -0.532. The summed E-state index contributed by atoms with van der Waals surface area (Å²) in [5.74, 6) is -0.532. The highest BCUT2D eigenvalue weighted by Crippen LogP contribution is 2.43. The Hall–Kier alpha value is -3.48. The lowest BCUT2D eigenvalue weighted by Gasteiger charge is -2.07. The molecule has 3 aromatic rings. The Morgan fingerprint density at radius 3 is 2.58 bits per heavy atom. The van der Waals surface area contributed by atoms with Crippen LogP contribution < -0.4 is 5.73 Å². The van der Waals surface area contributed by atoms with E-state index in [1.165, 1.54) is 11.3 Å². The average Bonchev–Trinajstić information content (AvgIpc) is 3.07. The highest BCUT2D eigenvalue weighted by molar-refractivity contribution is 7.15. The van der Waals surface area contributed by atoms with E-state index in [1.54, 1.807) is 18.3 Å². The molecule has 0 fully saturated rings. The molecule has 1 amide bonds. The number of aromatic nitrogens is 1. The summed E-state index contributed by atoms with van der Waals surface area (Å²) in [5.41, 5.74) is 9.22. The molecule has 6 heteroatoms. The summed E-state index contributed by atoms with van der Waals surface area (Å²) in [6.45, 7) is 9.44. The van der Waals surface area contributed by atoms with E-state index in [0.717, 1.165) is 16.0 Å². The van der Waals surface area contributed by atoms with Crippen LogP contribution >= 0.6 is 11.3 Å². The largest absolute Gasteiger partial charge is 0.365 e. The molecular weight excluding hydrogens is 344 g/mol. The minimum Gasteiger partial charge on any atom is -0.365 e. The van der Waals surface area contributed by atoms with Crippen molar-refractivity contribution in [1.29, 1.82) is 5.26 Å². The zero-order valence-corrected chi connectivity index (χ0v) is 14.8. The molecule has 2 N–H and O–H groups in total. The molecule has 126 valence electrons. The van der Waals surface area contributed by atoms with Crippen molar-refractivity contribution in [1.82, 2.24) is 4.98 Å². The van der Waals surface area contributed by atoms with Gasteiger partial charge in [0, 0.05) is 22.2 Å². The molecule has 1 aromatic carbocycles. The Kier molecular flexibility index (Phi) is 4.79. The molecule has 26 heavy (non-hydrogen) atoms. The molecule has 2 heterocycles. The number of carbonyl (C=O) groups excluding carboxylic acids is 1. The first-order chi connectivity index (χ1) is 12.6. The molecular formula is C20H14N4OS. The van der Waals surface area contributed by atoms with E-state index in [-0.39, 0.29) is 0 Å². The molecule has 0 aliphatic heterocycles. The maximum Gasteiger partial charge on any atom is 0.258 e. The van der Waals surface area contributed by atoms with E-state index < -0.39 is 5.91 Å². The fourth-order valence-electron chi connectivity index (χ4n) is 2.79. The van der Waals surface area contributed by atoms with Crippen molar-refractivity contribution in [2.45, 2.75) is 13.3 Å². The second kappa shape index (κ2) is 7.18. The number of hydrogen-bond acceptors (Lipinski definition) is 4. The van der Waals surface area contributed by atoms with E-state index in [9.17, 15) is 10.1 Å². The van der Waals surface area contributed by atoms with Crippen LogP contribution in [0.3, 0.4) is 0 Å². The van der Waals surface area contributed by atoms with Gasteiger partial charge in [-0.25, -0.2) is 4.85 Å². The van der Waals surface area contributed by atoms with Gasteiger partial charge < -0.3 is 5.73 Å². The summed E-state index contributed by atoms with van der Waals surface area (Å²) >= 11 is 1.28. The number of thiophene rings is 1. The summed E-state index contributed by atoms with van der Waals surface area (Å²) in [5, 5.41) is 9.23. The van der Waals surface area contributed by atoms with Crippen molar-refractivity contribution in [3.63, 3.8) is 0 Å². The summed E-state index contributed by atoms with van der Waals surface area (Å²) in [6.07, 6.45) is 2.30. The summed E-state index contributed by atoms with van der Waals surface area (Å²) in [6, 6.07) is 12.9. The SMILES string of the molecule is [C-]#[N+]c1c(CC)sc(C(N)=O)c1-c1ccc(-c2ncccc2C#N)cc1. The summed E-state index contributed by atoms with van der Waals surface area (Å²) < 4.78 is 0. The van der Waals surface area contributed by atoms with Gasteiger partial charge in [0.25, 0.3) is 5.91 Å². The predicted octanol–water partition coefficient (Wildman–Crippen LogP) is 4.56. The van der Waals surface area contributed by atoms with Crippen molar-refractivity contribution in [2.24, 2.45) is 5.73 Å². The van der Waals surface area contributed by atoms with Crippen molar-refractivity contribution < 1.29 is 4.79 Å². The molecule has 0 aliphatic carbocycles. The van der Waals surface area contributed by atoms with Crippen LogP contribution in [-0.4, -0.2) is 10.9 Å². The Morgan fingerprint density at radius 1 is 1.31 bits per heavy atom. The number of primary amides is 1. The Labute approximate surface area is 155 Å². The van der Waals surface area contributed by atoms with Crippen molar-refractivity contribution in [3.8, 4) is 28.5 Å². The molecule has 5 nitrogen and oxygen atoms in total. The number of amides is 1. The summed E-state index contributed by atoms with van der Waals surface area (Å²) in [7, 11) is 0. The molecule has 0 spiro atoms. The number of rotatable bonds is 4. The lowest BCUT2D eigenvalue weighted by Crippen LogP contribution is -2.09. The van der Waals surface area contributed by atoms with Crippen molar-refractivity contribution in [2.75, 3.05) is 0 Å². The van der Waals surface area contributed by atoms with E-state index in [4.69, 9.17) is 12.3 Å². The van der Waals surface area contributed by atoms with Gasteiger partial charge in [0.15, 0.2) is 0 Å². The highest BCUT2D eigenvalue weighted by atomic mass is 32.1. The fraction of sp³-hybridized carbons (Fsp3) is 0.100. The van der Waals surface area contributed by atoms with Crippen LogP contribution in [0.1, 0.15) is 27.0 Å². The molecule has 0 bridgehead atoms. The number of nitriles is 1. The smallest absolute Gasteiger partial charge is 0.258 e. The highest BCUT2D eigenvalue weighted by Gasteiger charge is 2.22. The monoisotopic (exact) mass is 358 g/mol. The maximum absolute atomic E-state index is 11.8. The third-order valence-corrected chi connectivity index (χ3v) is 5.32. The van der Waals surface area contributed by atoms with Crippen LogP contribution in [0.4, 0.5) is 5.69 Å². The van der Waals surface area contributed by atoms with Gasteiger partial charge >= 0.3 is 0 Å². The third kappa shape index (κ3) is 2.95. The molecule has 0 aliphatic rings. The first-order valence-corrected chi connectivity index (χ1v) is 8.71. The lowest BCUT2D eigenvalue weighted by atomic mass is 9.99. The Morgan fingerprint density at radius 2 is 2.00 bits per heavy atom. The second-order valence-corrected chi connectivity index (χ2v) is 6.60. The van der Waals surface area contributed by atoms with Gasteiger partial charge in [0.05, 0.1) is 22.7 Å². The Bertz CT molecular complexity index is 1070. The van der Waals surface area contributed by atoms with Crippen LogP contribution in [0.25, 0.3) is 27.2 Å². The number of nitrogens with zero attached hydrogens (tertiary/aromatic N) is 3. The normalized spacial score (nSPS) is 10.1. The molecule has 0 atom stereocenters. The first-order valence-electron chi connectivity index (χ1n) is 7.89. The molecule has 0 unspecified atom stereocenters. The van der Waals surface area contributed by atoms with Crippen molar-refractivity contribution >= 4 is 22.9 Å². The second-order valence-electron chi connectivity index (χ2n) is 5.50. The van der Waals surface area contributed by atoms with Crippen LogP contribution in [0, 0.1) is 17.9 Å². The van der Waals surface area contributed by atoms with Crippen LogP contribution in [0.15, 0.2) is 42.6 Å². The third-order valence-electron chi connectivity index (χ3n) is 3.99. The number of benzene rings is 1. The fourth-order valence-corrected chi connectivity index (χ4v) is 3.84. The van der Waals surface area contributed by atoms with Crippen molar-refractivity contribution in [3.05, 3.63) is 69.3 Å². The van der Waals surface area contributed by atoms with E-state index in [0.29, 0.717) is 33.8 Å². The molecule has 0 radical (unpaired) electrons. The average molecular weight is 358 g/mol. The quantitative estimate of drug-likeness (QED) is 0.694. The minimum absolute atomic E-state index is 0.399. The molecule has 3 rings (SSSR count). The van der Waals surface area contributed by atoms with Gasteiger partial charge in [0.2, 0.25) is 5.69 Å². The number of nitrogens with two attached hydrogens (primary N) is 1. The number of pyridine rings is 1. The lowest BCUT2D eigenvalue weighted by molar-refractivity contribution is 0.100. The number of aryl methyl sites for hydroxylation is 1. The molecule has 0 saturated carbocycles. The predicted molar refractivity (Wildman–Crippen MR) is 102 cm³/mol. The van der Waals surface area contributed by atoms with Gasteiger partial charge in [-0.3, -0.25) is 9.78 Å². The van der Waals surface area contributed by atoms with Gasteiger partial charge in [-0.15, -0.1) is 11.3 Å². The summed E-state index contributed by atoms with van der Waals surface area (Å²) in [4.78, 5) is 21.0. The van der Waals surface area contributed by atoms with Gasteiger partial charge in [-0.2, -0.15) is 5.26 Å².